The lowest BCUT2D eigenvalue weighted by molar-refractivity contribution is 0.0290. The van der Waals surface area contributed by atoms with E-state index < -0.39 is 6.61 Å². The molecule has 0 saturated carbocycles. The molecule has 0 amide bonds. The van der Waals surface area contributed by atoms with Gasteiger partial charge in [-0.2, -0.15) is 0 Å². The van der Waals surface area contributed by atoms with Crippen molar-refractivity contribution in [3.63, 3.8) is 0 Å². The van der Waals surface area contributed by atoms with E-state index in [1.54, 1.807) is 0 Å². The van der Waals surface area contributed by atoms with Gasteiger partial charge in [0.2, 0.25) is 0 Å². The molecule has 40 heavy (non-hydrogen) atoms. The van der Waals surface area contributed by atoms with Crippen molar-refractivity contribution in [3.05, 3.63) is 107 Å². The molecule has 0 aliphatic carbocycles. The van der Waals surface area contributed by atoms with Crippen molar-refractivity contribution in [1.82, 2.24) is 19.6 Å². The Bertz CT molecular complexity index is 1210. The van der Waals surface area contributed by atoms with Gasteiger partial charge in [-0.05, 0) is 36.1 Å². The van der Waals surface area contributed by atoms with Crippen LogP contribution in [0.15, 0.2) is 78.9 Å². The summed E-state index contributed by atoms with van der Waals surface area (Å²) < 4.78 is 0. The van der Waals surface area contributed by atoms with Crippen molar-refractivity contribution in [2.24, 2.45) is 0 Å². The van der Waals surface area contributed by atoms with Gasteiger partial charge >= 0.3 is 0 Å². The molecule has 3 aromatic carbocycles. The van der Waals surface area contributed by atoms with Gasteiger partial charge in [0.15, 0.2) is 5.78 Å². The van der Waals surface area contributed by atoms with Crippen molar-refractivity contribution in [2.45, 2.75) is 52.1 Å². The molecule has 2 fully saturated rings. The summed E-state index contributed by atoms with van der Waals surface area (Å²) in [6.45, 7) is 14.7. The van der Waals surface area contributed by atoms with Crippen LogP contribution in [0.4, 0.5) is 0 Å². The van der Waals surface area contributed by atoms with Crippen molar-refractivity contribution >= 4 is 5.78 Å². The molecule has 2 aliphatic heterocycles. The zero-order chi connectivity index (χ0) is 27.9. The predicted octanol–water partition coefficient (Wildman–Crippen LogP) is 4.27. The minimum atomic E-state index is -0.439. The third-order valence-corrected chi connectivity index (χ3v) is 8.48. The first kappa shape index (κ1) is 28.7. The molecule has 5 rings (SSSR count). The van der Waals surface area contributed by atoms with Crippen LogP contribution in [0.3, 0.4) is 0 Å². The molecule has 0 radical (unpaired) electrons. The number of carbonyl (C=O) groups excluding carboxylic acids is 1. The minimum Gasteiger partial charge on any atom is -0.388 e. The maximum Gasteiger partial charge on any atom is 0.188 e. The van der Waals surface area contributed by atoms with Gasteiger partial charge in [-0.3, -0.25) is 24.4 Å². The number of Topliss-reactive ketones (excluding diaryl/α,β-unsaturated/α-hetero) is 1. The summed E-state index contributed by atoms with van der Waals surface area (Å²) >= 11 is 0. The quantitative estimate of drug-likeness (QED) is 0.388. The second-order valence-corrected chi connectivity index (χ2v) is 11.7. The molecule has 0 unspecified atom stereocenters. The van der Waals surface area contributed by atoms with E-state index in [1.807, 2.05) is 24.3 Å². The summed E-state index contributed by atoms with van der Waals surface area (Å²) in [7, 11) is 0. The fourth-order valence-electron chi connectivity index (χ4n) is 6.29. The number of nitrogens with zero attached hydrogens (tertiary/aromatic N) is 4. The molecule has 0 spiro atoms. The molecule has 0 bridgehead atoms. The van der Waals surface area contributed by atoms with Crippen LogP contribution in [-0.2, 0) is 26.2 Å². The van der Waals surface area contributed by atoms with Gasteiger partial charge in [0.25, 0.3) is 0 Å². The number of carbonyl (C=O) groups is 1. The van der Waals surface area contributed by atoms with Crippen LogP contribution in [0.2, 0.25) is 0 Å². The maximum absolute atomic E-state index is 11.7. The lowest BCUT2D eigenvalue weighted by atomic mass is 10.0. The number of rotatable bonds is 10. The van der Waals surface area contributed by atoms with E-state index in [-0.39, 0.29) is 5.78 Å². The van der Waals surface area contributed by atoms with E-state index in [4.69, 9.17) is 5.11 Å². The smallest absolute Gasteiger partial charge is 0.188 e. The van der Waals surface area contributed by atoms with Gasteiger partial charge in [-0.25, -0.2) is 0 Å². The van der Waals surface area contributed by atoms with E-state index in [0.717, 1.165) is 65.4 Å². The molecule has 2 saturated heterocycles. The zero-order valence-electron chi connectivity index (χ0n) is 24.1. The van der Waals surface area contributed by atoms with Crippen LogP contribution in [0.1, 0.15) is 46.5 Å². The highest BCUT2D eigenvalue weighted by Crippen LogP contribution is 2.22. The molecule has 2 aliphatic rings. The van der Waals surface area contributed by atoms with Crippen LogP contribution in [0, 0.1) is 0 Å². The highest BCUT2D eigenvalue weighted by molar-refractivity contribution is 5.96. The van der Waals surface area contributed by atoms with E-state index in [0.29, 0.717) is 17.6 Å². The van der Waals surface area contributed by atoms with Crippen molar-refractivity contribution in [2.75, 3.05) is 45.9 Å². The van der Waals surface area contributed by atoms with Gasteiger partial charge in [0.1, 0.15) is 6.61 Å². The van der Waals surface area contributed by atoms with E-state index in [1.165, 1.54) is 22.3 Å². The van der Waals surface area contributed by atoms with E-state index >= 15 is 0 Å². The average molecular weight is 541 g/mol. The molecule has 3 aromatic rings. The third kappa shape index (κ3) is 7.65. The standard InChI is InChI=1S/C34H44N4O2/c1-27-20-37(23-30-11-13-33(14-12-30)34(40)26-39)21-28(2)38(27)25-32-10-6-9-31(19-32)24-36-17-15-35(16-18-36)22-29-7-4-3-5-8-29/h3-14,19,27-28,39H,15-18,20-26H2,1-2H3/t27-,28+. The van der Waals surface area contributed by atoms with Gasteiger partial charge in [-0.15, -0.1) is 0 Å². The Kier molecular flexibility index (Phi) is 9.79. The Labute approximate surface area is 239 Å². The number of hydrogen-bond acceptors (Lipinski definition) is 6. The van der Waals surface area contributed by atoms with E-state index in [2.05, 4.69) is 88.0 Å². The molecule has 2 heterocycles. The first-order valence-corrected chi connectivity index (χ1v) is 14.7. The highest BCUT2D eigenvalue weighted by atomic mass is 16.3. The Morgan fingerprint density at radius 3 is 1.75 bits per heavy atom. The lowest BCUT2D eigenvalue weighted by Crippen LogP contribution is -2.55. The first-order chi connectivity index (χ1) is 19.5. The van der Waals surface area contributed by atoms with Crippen molar-refractivity contribution < 1.29 is 9.90 Å². The number of benzene rings is 3. The molecule has 0 aromatic heterocycles. The van der Waals surface area contributed by atoms with Crippen molar-refractivity contribution in [1.29, 1.82) is 0 Å². The molecule has 212 valence electrons. The first-order valence-electron chi connectivity index (χ1n) is 14.7. The van der Waals surface area contributed by atoms with Crippen LogP contribution in [-0.4, -0.2) is 88.4 Å². The monoisotopic (exact) mass is 540 g/mol. The van der Waals surface area contributed by atoms with Crippen LogP contribution >= 0.6 is 0 Å². The molecule has 2 atom stereocenters. The molecule has 6 heteroatoms. The average Bonchev–Trinajstić information content (AvgIpc) is 2.97. The number of hydrogen-bond donors (Lipinski definition) is 1. The number of piperazine rings is 2. The van der Waals surface area contributed by atoms with Gasteiger partial charge in [0.05, 0.1) is 0 Å². The zero-order valence-corrected chi connectivity index (χ0v) is 24.1. The van der Waals surface area contributed by atoms with Crippen LogP contribution in [0.25, 0.3) is 0 Å². The summed E-state index contributed by atoms with van der Waals surface area (Å²) in [5.74, 6) is -0.229. The Morgan fingerprint density at radius 1 is 0.650 bits per heavy atom. The molecule has 1 N–H and O–H groups in total. The number of aliphatic hydroxyl groups excluding tert-OH is 1. The number of aliphatic hydroxyl groups is 1. The van der Waals surface area contributed by atoms with E-state index in [9.17, 15) is 4.79 Å². The lowest BCUT2D eigenvalue weighted by Gasteiger charge is -2.44. The van der Waals surface area contributed by atoms with Crippen LogP contribution in [0.5, 0.6) is 0 Å². The second kappa shape index (κ2) is 13.7. The van der Waals surface area contributed by atoms with Gasteiger partial charge < -0.3 is 5.11 Å². The third-order valence-electron chi connectivity index (χ3n) is 8.48. The highest BCUT2D eigenvalue weighted by Gasteiger charge is 2.29. The SMILES string of the molecule is C[C@@H]1CN(Cc2ccc(C(=O)CO)cc2)C[C@H](C)N1Cc1cccc(CN2CCN(Cc3ccccc3)CC2)c1. The summed E-state index contributed by atoms with van der Waals surface area (Å²) in [5, 5.41) is 9.08. The normalized spacial score (nSPS) is 21.5. The summed E-state index contributed by atoms with van der Waals surface area (Å²) in [6, 6.07) is 28.6. The van der Waals surface area contributed by atoms with Crippen molar-refractivity contribution in [3.8, 4) is 0 Å². The fourth-order valence-corrected chi connectivity index (χ4v) is 6.29. The summed E-state index contributed by atoms with van der Waals surface area (Å²) in [6.07, 6.45) is 0. The Balaban J connectivity index is 1.10. The fraction of sp³-hybridized carbons (Fsp3) is 0.441. The van der Waals surface area contributed by atoms with Gasteiger partial charge in [-0.1, -0.05) is 78.9 Å². The Morgan fingerprint density at radius 2 is 1.15 bits per heavy atom. The number of ketones is 1. The maximum atomic E-state index is 11.7. The topological polar surface area (TPSA) is 50.3 Å². The summed E-state index contributed by atoms with van der Waals surface area (Å²) in [5.41, 5.74) is 5.99. The minimum absolute atomic E-state index is 0.229. The summed E-state index contributed by atoms with van der Waals surface area (Å²) in [4.78, 5) is 22.0. The van der Waals surface area contributed by atoms with Gasteiger partial charge in [0, 0.05) is 83.1 Å². The predicted molar refractivity (Wildman–Crippen MR) is 161 cm³/mol. The largest absolute Gasteiger partial charge is 0.388 e. The molecular weight excluding hydrogens is 496 g/mol. The van der Waals surface area contributed by atoms with Crippen LogP contribution < -0.4 is 0 Å². The second-order valence-electron chi connectivity index (χ2n) is 11.7. The molecular formula is C34H44N4O2. The Hall–Kier alpha value is -2.87. The molecule has 6 nitrogen and oxygen atoms in total.